The molecule has 0 bridgehead atoms. The van der Waals surface area contributed by atoms with Crippen LogP contribution in [-0.4, -0.2) is 22.0 Å². The first-order valence-corrected chi connectivity index (χ1v) is 10.8. The Labute approximate surface area is 180 Å². The number of ether oxygens (including phenoxy) is 2. The third kappa shape index (κ3) is 10.2. The maximum Gasteiger partial charge on any atom is 0.330 e. The molecule has 0 aliphatic rings. The fraction of sp³-hybridized carbons (Fsp3) is 0.542. The molecular weight excluding hydrogens is 382 g/mol. The van der Waals surface area contributed by atoms with Gasteiger partial charge in [0.05, 0.1) is 5.69 Å². The normalized spacial score (nSPS) is 11.3. The lowest BCUT2D eigenvalue weighted by molar-refractivity contribution is -0.140. The second kappa shape index (κ2) is 15.2. The van der Waals surface area contributed by atoms with Gasteiger partial charge in [-0.15, -0.1) is 0 Å². The number of carbonyl (C=O) groups is 2. The van der Waals surface area contributed by atoms with E-state index in [4.69, 9.17) is 9.47 Å². The number of aromatic hydroxyl groups is 1. The molecule has 1 heterocycles. The molecule has 0 saturated heterocycles. The van der Waals surface area contributed by atoms with Crippen molar-refractivity contribution < 1.29 is 24.2 Å². The maximum absolute atomic E-state index is 11.9. The minimum absolute atomic E-state index is 0.0568. The third-order valence-electron chi connectivity index (χ3n) is 4.62. The standard InChI is InChI=1S/C24H35NO5/c1-4-6-8-10-12-14-22(26)29-17-20-16-25-19(3)24(28)21(20)18-30-23(27)15-13-11-9-7-5-2/h12-16,28H,4-11,17-18H2,1-3H3/b14-12+,15-13+. The molecule has 0 atom stereocenters. The molecule has 6 nitrogen and oxygen atoms in total. The van der Waals surface area contributed by atoms with E-state index in [1.165, 1.54) is 18.3 Å². The van der Waals surface area contributed by atoms with E-state index in [1.807, 2.05) is 0 Å². The van der Waals surface area contributed by atoms with E-state index in [1.54, 1.807) is 19.1 Å². The Morgan fingerprint density at radius 3 is 2.00 bits per heavy atom. The highest BCUT2D eigenvalue weighted by Crippen LogP contribution is 2.25. The van der Waals surface area contributed by atoms with Gasteiger partial charge in [0, 0.05) is 29.5 Å². The average molecular weight is 418 g/mol. The van der Waals surface area contributed by atoms with Crippen molar-refractivity contribution in [3.63, 3.8) is 0 Å². The van der Waals surface area contributed by atoms with Gasteiger partial charge in [0.1, 0.15) is 19.0 Å². The number of aromatic nitrogens is 1. The first-order valence-electron chi connectivity index (χ1n) is 10.8. The molecule has 0 fully saturated rings. The summed E-state index contributed by atoms with van der Waals surface area (Å²) in [6, 6.07) is 0. The smallest absolute Gasteiger partial charge is 0.330 e. The van der Waals surface area contributed by atoms with Crippen LogP contribution in [0.4, 0.5) is 0 Å². The zero-order chi connectivity index (χ0) is 22.2. The number of unbranched alkanes of at least 4 members (excludes halogenated alkanes) is 6. The van der Waals surface area contributed by atoms with Crippen molar-refractivity contribution in [1.29, 1.82) is 0 Å². The molecular formula is C24H35NO5. The van der Waals surface area contributed by atoms with E-state index in [-0.39, 0.29) is 19.0 Å². The number of hydrogen-bond donors (Lipinski definition) is 1. The number of nitrogens with zero attached hydrogens (tertiary/aromatic N) is 1. The summed E-state index contributed by atoms with van der Waals surface area (Å²) in [7, 11) is 0. The predicted molar refractivity (Wildman–Crippen MR) is 117 cm³/mol. The van der Waals surface area contributed by atoms with Crippen molar-refractivity contribution in [3.8, 4) is 5.75 Å². The van der Waals surface area contributed by atoms with Crippen molar-refractivity contribution in [3.05, 3.63) is 47.3 Å². The summed E-state index contributed by atoms with van der Waals surface area (Å²) >= 11 is 0. The summed E-state index contributed by atoms with van der Waals surface area (Å²) in [4.78, 5) is 27.9. The molecule has 6 heteroatoms. The van der Waals surface area contributed by atoms with Crippen LogP contribution >= 0.6 is 0 Å². The fourth-order valence-electron chi connectivity index (χ4n) is 2.74. The van der Waals surface area contributed by atoms with Crippen LogP contribution in [0.5, 0.6) is 5.75 Å². The van der Waals surface area contributed by atoms with Crippen LogP contribution in [0.3, 0.4) is 0 Å². The SMILES string of the molecule is CCCCC/C=C/C(=O)OCc1cnc(C)c(O)c1COC(=O)/C=C/CCCCC. The van der Waals surface area contributed by atoms with Crippen LogP contribution in [-0.2, 0) is 32.3 Å². The molecule has 0 radical (unpaired) electrons. The van der Waals surface area contributed by atoms with Gasteiger partial charge >= 0.3 is 11.9 Å². The Kier molecular flexibility index (Phi) is 12.9. The molecule has 1 N–H and O–H groups in total. The van der Waals surface area contributed by atoms with Crippen molar-refractivity contribution in [1.82, 2.24) is 4.98 Å². The van der Waals surface area contributed by atoms with Crippen LogP contribution < -0.4 is 0 Å². The van der Waals surface area contributed by atoms with Gasteiger partial charge in [-0.05, 0) is 32.6 Å². The summed E-state index contributed by atoms with van der Waals surface area (Å²) in [5, 5.41) is 10.3. The van der Waals surface area contributed by atoms with Crippen LogP contribution in [0.15, 0.2) is 30.5 Å². The van der Waals surface area contributed by atoms with Gasteiger partial charge in [-0.25, -0.2) is 9.59 Å². The molecule has 0 aliphatic heterocycles. The van der Waals surface area contributed by atoms with E-state index in [0.29, 0.717) is 16.8 Å². The quantitative estimate of drug-likeness (QED) is 0.246. The minimum Gasteiger partial charge on any atom is -0.506 e. The second-order valence-electron chi connectivity index (χ2n) is 7.21. The topological polar surface area (TPSA) is 85.7 Å². The van der Waals surface area contributed by atoms with Crippen LogP contribution in [0.1, 0.15) is 82.0 Å². The van der Waals surface area contributed by atoms with Gasteiger partial charge in [0.2, 0.25) is 0 Å². The van der Waals surface area contributed by atoms with E-state index < -0.39 is 11.9 Å². The van der Waals surface area contributed by atoms with Gasteiger partial charge < -0.3 is 14.6 Å². The van der Waals surface area contributed by atoms with Crippen molar-refractivity contribution in [2.45, 2.75) is 85.4 Å². The highest BCUT2D eigenvalue weighted by molar-refractivity contribution is 5.82. The zero-order valence-electron chi connectivity index (χ0n) is 18.5. The summed E-state index contributed by atoms with van der Waals surface area (Å²) in [6.45, 7) is 5.73. The summed E-state index contributed by atoms with van der Waals surface area (Å²) in [6.07, 6.45) is 16.2. The third-order valence-corrected chi connectivity index (χ3v) is 4.62. The zero-order valence-corrected chi connectivity index (χ0v) is 18.5. The Morgan fingerprint density at radius 1 is 0.933 bits per heavy atom. The first kappa shape index (κ1) is 25.4. The predicted octanol–water partition coefficient (Wildman–Crippen LogP) is 5.46. The highest BCUT2D eigenvalue weighted by atomic mass is 16.5. The van der Waals surface area contributed by atoms with Crippen molar-refractivity contribution in [2.24, 2.45) is 0 Å². The van der Waals surface area contributed by atoms with E-state index in [9.17, 15) is 14.7 Å². The average Bonchev–Trinajstić information content (AvgIpc) is 2.73. The number of carbonyl (C=O) groups excluding carboxylic acids is 2. The first-order chi connectivity index (χ1) is 14.5. The van der Waals surface area contributed by atoms with E-state index >= 15 is 0 Å². The van der Waals surface area contributed by atoms with Crippen LogP contribution in [0, 0.1) is 6.92 Å². The largest absolute Gasteiger partial charge is 0.506 e. The Balaban J connectivity index is 2.62. The van der Waals surface area contributed by atoms with Gasteiger partial charge in [-0.3, -0.25) is 4.98 Å². The molecule has 0 saturated carbocycles. The number of allylic oxidation sites excluding steroid dienone is 2. The maximum atomic E-state index is 11.9. The molecule has 1 aromatic rings. The lowest BCUT2D eigenvalue weighted by atomic mass is 10.1. The highest BCUT2D eigenvalue weighted by Gasteiger charge is 2.15. The Morgan fingerprint density at radius 2 is 1.47 bits per heavy atom. The summed E-state index contributed by atoms with van der Waals surface area (Å²) < 4.78 is 10.5. The molecule has 30 heavy (non-hydrogen) atoms. The Bertz CT molecular complexity index is 725. The van der Waals surface area contributed by atoms with Crippen LogP contribution in [0.25, 0.3) is 0 Å². The monoisotopic (exact) mass is 417 g/mol. The number of hydrogen-bond acceptors (Lipinski definition) is 6. The second-order valence-corrected chi connectivity index (χ2v) is 7.21. The number of esters is 2. The van der Waals surface area contributed by atoms with Gasteiger partial charge in [0.15, 0.2) is 0 Å². The molecule has 0 unspecified atom stereocenters. The van der Waals surface area contributed by atoms with E-state index in [2.05, 4.69) is 18.8 Å². The minimum atomic E-state index is -0.474. The van der Waals surface area contributed by atoms with Gasteiger partial charge in [0.25, 0.3) is 0 Å². The molecule has 0 amide bonds. The molecule has 0 spiro atoms. The van der Waals surface area contributed by atoms with Crippen molar-refractivity contribution in [2.75, 3.05) is 0 Å². The van der Waals surface area contributed by atoms with Crippen LogP contribution in [0.2, 0.25) is 0 Å². The number of pyridine rings is 1. The van der Waals surface area contributed by atoms with Gasteiger partial charge in [-0.1, -0.05) is 51.7 Å². The summed E-state index contributed by atoms with van der Waals surface area (Å²) in [5.41, 5.74) is 1.32. The molecule has 0 aromatic carbocycles. The molecule has 1 aromatic heterocycles. The molecule has 166 valence electrons. The molecule has 0 aliphatic carbocycles. The summed E-state index contributed by atoms with van der Waals surface area (Å²) in [5.74, 6) is -0.985. The molecule has 1 rings (SSSR count). The van der Waals surface area contributed by atoms with E-state index in [0.717, 1.165) is 51.4 Å². The van der Waals surface area contributed by atoms with Crippen molar-refractivity contribution >= 4 is 11.9 Å². The Hall–Kier alpha value is -2.63. The number of rotatable bonds is 14. The fourth-order valence-corrected chi connectivity index (χ4v) is 2.74. The lowest BCUT2D eigenvalue weighted by Crippen LogP contribution is -2.08. The lowest BCUT2D eigenvalue weighted by Gasteiger charge is -2.12. The number of aryl methyl sites for hydroxylation is 1. The van der Waals surface area contributed by atoms with Gasteiger partial charge in [-0.2, -0.15) is 0 Å².